The van der Waals surface area contributed by atoms with Crippen LogP contribution >= 0.6 is 0 Å². The fourth-order valence-electron chi connectivity index (χ4n) is 2.22. The molecular weight excluding hydrogens is 279 g/mol. The first kappa shape index (κ1) is 15.6. The monoisotopic (exact) mass is 297 g/mol. The number of hydrogen-bond donors (Lipinski definition) is 1. The molecule has 1 atom stereocenters. The molecule has 2 rings (SSSR count). The topological polar surface area (TPSA) is 29.9 Å². The molecule has 1 aromatic carbocycles. The lowest BCUT2D eigenvalue weighted by molar-refractivity contribution is -0.138. The number of aromatic nitrogens is 2. The van der Waals surface area contributed by atoms with Crippen molar-refractivity contribution in [2.45, 2.75) is 32.6 Å². The molecular formula is C15H18F3N3. The van der Waals surface area contributed by atoms with Crippen molar-refractivity contribution < 1.29 is 13.2 Å². The molecule has 0 aliphatic rings. The van der Waals surface area contributed by atoms with E-state index in [9.17, 15) is 13.2 Å². The summed E-state index contributed by atoms with van der Waals surface area (Å²) < 4.78 is 40.7. The fraction of sp³-hybridized carbons (Fsp3) is 0.400. The largest absolute Gasteiger partial charge is 0.416 e. The molecule has 2 aromatic rings. The highest BCUT2D eigenvalue weighted by Gasteiger charge is 2.34. The number of benzene rings is 1. The van der Waals surface area contributed by atoms with Crippen molar-refractivity contribution >= 4 is 0 Å². The van der Waals surface area contributed by atoms with Gasteiger partial charge >= 0.3 is 6.18 Å². The Morgan fingerprint density at radius 1 is 1.29 bits per heavy atom. The van der Waals surface area contributed by atoms with E-state index in [2.05, 4.69) is 10.4 Å². The van der Waals surface area contributed by atoms with Crippen LogP contribution in [-0.4, -0.2) is 9.78 Å². The molecule has 0 amide bonds. The van der Waals surface area contributed by atoms with Gasteiger partial charge in [-0.2, -0.15) is 18.3 Å². The van der Waals surface area contributed by atoms with Gasteiger partial charge < -0.3 is 5.32 Å². The number of nitrogens with zero attached hydrogens (tertiary/aromatic N) is 2. The van der Waals surface area contributed by atoms with E-state index in [0.717, 1.165) is 17.3 Å². The average Bonchev–Trinajstić information content (AvgIpc) is 2.75. The van der Waals surface area contributed by atoms with Crippen LogP contribution in [0.4, 0.5) is 13.2 Å². The van der Waals surface area contributed by atoms with E-state index < -0.39 is 17.8 Å². The van der Waals surface area contributed by atoms with Crippen LogP contribution < -0.4 is 5.32 Å². The Morgan fingerprint density at radius 3 is 2.52 bits per heavy atom. The number of nitrogens with one attached hydrogen (secondary N) is 1. The summed E-state index contributed by atoms with van der Waals surface area (Å²) in [5.41, 5.74) is 1.65. The average molecular weight is 297 g/mol. The minimum Gasteiger partial charge on any atom is -0.306 e. The highest BCUT2D eigenvalue weighted by molar-refractivity contribution is 5.32. The van der Waals surface area contributed by atoms with Gasteiger partial charge in [0, 0.05) is 30.9 Å². The second-order valence-electron chi connectivity index (χ2n) is 5.07. The van der Waals surface area contributed by atoms with Gasteiger partial charge in [-0.1, -0.05) is 18.2 Å². The van der Waals surface area contributed by atoms with E-state index in [0.29, 0.717) is 6.54 Å². The van der Waals surface area contributed by atoms with Crippen molar-refractivity contribution in [3.05, 3.63) is 52.8 Å². The van der Waals surface area contributed by atoms with E-state index in [1.807, 2.05) is 14.0 Å². The minimum absolute atomic E-state index is 0.256. The van der Waals surface area contributed by atoms with Gasteiger partial charge in [-0.05, 0) is 25.5 Å². The van der Waals surface area contributed by atoms with Gasteiger partial charge in [0.05, 0.1) is 11.8 Å². The molecule has 0 radical (unpaired) electrons. The van der Waals surface area contributed by atoms with Gasteiger partial charge in [-0.15, -0.1) is 0 Å². The molecule has 114 valence electrons. The predicted molar refractivity (Wildman–Crippen MR) is 74.6 cm³/mol. The van der Waals surface area contributed by atoms with Crippen LogP contribution in [0.2, 0.25) is 0 Å². The lowest BCUT2D eigenvalue weighted by Crippen LogP contribution is -2.22. The van der Waals surface area contributed by atoms with Crippen molar-refractivity contribution in [1.29, 1.82) is 0 Å². The molecule has 0 aliphatic heterocycles. The van der Waals surface area contributed by atoms with Crippen LogP contribution in [0, 0.1) is 6.92 Å². The zero-order valence-electron chi connectivity index (χ0n) is 12.2. The van der Waals surface area contributed by atoms with E-state index in [-0.39, 0.29) is 5.56 Å². The first-order chi connectivity index (χ1) is 9.80. The fourth-order valence-corrected chi connectivity index (χ4v) is 2.22. The van der Waals surface area contributed by atoms with Gasteiger partial charge in [-0.3, -0.25) is 4.68 Å². The second-order valence-corrected chi connectivity index (χ2v) is 5.07. The van der Waals surface area contributed by atoms with Gasteiger partial charge in [0.1, 0.15) is 0 Å². The quantitative estimate of drug-likeness (QED) is 0.934. The summed E-state index contributed by atoms with van der Waals surface area (Å²) in [6.45, 7) is 4.14. The van der Waals surface area contributed by atoms with Crippen molar-refractivity contribution in [2.75, 3.05) is 0 Å². The van der Waals surface area contributed by atoms with Crippen molar-refractivity contribution in [2.24, 2.45) is 7.05 Å². The smallest absolute Gasteiger partial charge is 0.306 e. The Hall–Kier alpha value is -1.82. The molecule has 0 fully saturated rings. The number of rotatable bonds is 4. The van der Waals surface area contributed by atoms with Crippen molar-refractivity contribution in [1.82, 2.24) is 15.1 Å². The Labute approximate surface area is 121 Å². The van der Waals surface area contributed by atoms with Crippen molar-refractivity contribution in [3.63, 3.8) is 0 Å². The molecule has 6 heteroatoms. The number of alkyl halides is 3. The van der Waals surface area contributed by atoms with E-state index in [1.165, 1.54) is 12.1 Å². The van der Waals surface area contributed by atoms with Crippen LogP contribution in [0.25, 0.3) is 0 Å². The molecule has 3 nitrogen and oxygen atoms in total. The maximum atomic E-state index is 13.0. The number of aryl methyl sites for hydroxylation is 1. The summed E-state index contributed by atoms with van der Waals surface area (Å²) in [5, 5.41) is 7.25. The molecule has 1 N–H and O–H groups in total. The zero-order chi connectivity index (χ0) is 15.6. The maximum absolute atomic E-state index is 13.0. The molecule has 0 saturated carbocycles. The lowest BCUT2D eigenvalue weighted by atomic mass is 10.0. The summed E-state index contributed by atoms with van der Waals surface area (Å²) in [4.78, 5) is 0. The summed E-state index contributed by atoms with van der Waals surface area (Å²) >= 11 is 0. The summed E-state index contributed by atoms with van der Waals surface area (Å²) in [6.07, 6.45) is -2.61. The maximum Gasteiger partial charge on any atom is 0.416 e. The SMILES string of the molecule is Cc1c(CNC(C)c2ccccc2C(F)(F)F)cnn1C. The molecule has 0 saturated heterocycles. The van der Waals surface area contributed by atoms with Crippen LogP contribution in [-0.2, 0) is 19.8 Å². The van der Waals surface area contributed by atoms with Gasteiger partial charge in [0.25, 0.3) is 0 Å². The summed E-state index contributed by atoms with van der Waals surface area (Å²) in [7, 11) is 1.83. The highest BCUT2D eigenvalue weighted by atomic mass is 19.4. The van der Waals surface area contributed by atoms with Gasteiger partial charge in [0.2, 0.25) is 0 Å². The minimum atomic E-state index is -4.34. The first-order valence-corrected chi connectivity index (χ1v) is 6.67. The lowest BCUT2D eigenvalue weighted by Gasteiger charge is -2.19. The normalized spacial score (nSPS) is 13.4. The second kappa shape index (κ2) is 5.89. The number of hydrogen-bond acceptors (Lipinski definition) is 2. The van der Waals surface area contributed by atoms with Gasteiger partial charge in [-0.25, -0.2) is 0 Å². The standard InChI is InChI=1S/C15H18F3N3/c1-10(19-8-12-9-20-21(3)11(12)2)13-6-4-5-7-14(13)15(16,17)18/h4-7,9-10,19H,8H2,1-3H3. The molecule has 0 spiro atoms. The van der Waals surface area contributed by atoms with Crippen LogP contribution in [0.3, 0.4) is 0 Å². The van der Waals surface area contributed by atoms with Crippen LogP contribution in [0.15, 0.2) is 30.5 Å². The van der Waals surface area contributed by atoms with Gasteiger partial charge in [0.15, 0.2) is 0 Å². The van der Waals surface area contributed by atoms with Crippen molar-refractivity contribution in [3.8, 4) is 0 Å². The third kappa shape index (κ3) is 3.44. The summed E-state index contributed by atoms with van der Waals surface area (Å²) in [5.74, 6) is 0. The zero-order valence-corrected chi connectivity index (χ0v) is 12.2. The molecule has 1 unspecified atom stereocenters. The van der Waals surface area contributed by atoms with E-state index in [4.69, 9.17) is 0 Å². The Morgan fingerprint density at radius 2 is 1.95 bits per heavy atom. The summed E-state index contributed by atoms with van der Waals surface area (Å²) in [6, 6.07) is 5.25. The Kier molecular flexibility index (Phi) is 4.37. The molecule has 0 bridgehead atoms. The molecule has 1 heterocycles. The van der Waals surface area contributed by atoms with Crippen LogP contribution in [0.5, 0.6) is 0 Å². The Bertz CT molecular complexity index is 617. The molecule has 1 aromatic heterocycles. The Balaban J connectivity index is 2.14. The van der Waals surface area contributed by atoms with E-state index in [1.54, 1.807) is 23.9 Å². The molecule has 0 aliphatic carbocycles. The third-order valence-electron chi connectivity index (χ3n) is 3.67. The highest BCUT2D eigenvalue weighted by Crippen LogP contribution is 2.34. The molecule has 21 heavy (non-hydrogen) atoms. The predicted octanol–water partition coefficient (Wildman–Crippen LogP) is 3.60. The number of halogens is 3. The third-order valence-corrected chi connectivity index (χ3v) is 3.67. The van der Waals surface area contributed by atoms with Crippen LogP contribution in [0.1, 0.15) is 35.3 Å². The first-order valence-electron chi connectivity index (χ1n) is 6.67. The van der Waals surface area contributed by atoms with E-state index >= 15 is 0 Å².